The molecule has 0 saturated carbocycles. The van der Waals surface area contributed by atoms with E-state index in [1.807, 2.05) is 38.1 Å². The van der Waals surface area contributed by atoms with Crippen molar-refractivity contribution in [2.45, 2.75) is 105 Å². The Labute approximate surface area is 222 Å². The van der Waals surface area contributed by atoms with Gasteiger partial charge in [0.1, 0.15) is 5.75 Å². The molecule has 2 rings (SSSR count). The molecule has 0 bridgehead atoms. The van der Waals surface area contributed by atoms with Gasteiger partial charge < -0.3 is 23.4 Å². The average molecular weight is 521 g/mol. The number of benzene rings is 1. The lowest BCUT2D eigenvalue weighted by atomic mass is 9.84. The molecular weight excluding hydrogens is 468 g/mol. The molecule has 0 radical (unpaired) electrons. The Bertz CT molecular complexity index is 840. The highest BCUT2D eigenvalue weighted by Crippen LogP contribution is 2.39. The molecule has 1 aliphatic heterocycles. The van der Waals surface area contributed by atoms with Crippen molar-refractivity contribution in [3.8, 4) is 5.75 Å². The van der Waals surface area contributed by atoms with E-state index in [1.165, 1.54) is 5.57 Å². The van der Waals surface area contributed by atoms with Crippen LogP contribution in [0.2, 0.25) is 18.1 Å². The molecule has 6 heteroatoms. The van der Waals surface area contributed by atoms with Gasteiger partial charge in [0, 0.05) is 18.4 Å². The quantitative estimate of drug-likeness (QED) is 0.222. The zero-order chi connectivity index (χ0) is 27.3. The SMILES string of the molecule is COc1ccc(COC[C@H](C)[C@@H]2OC(C)(C)O[C@@H](/C(C)=C/[C@@H](C)CO[Si](C)(C)C(C)(C)C)[C@@H]2C)cc1. The Morgan fingerprint density at radius 2 is 1.69 bits per heavy atom. The second-order valence-corrected chi connectivity index (χ2v) is 17.5. The van der Waals surface area contributed by atoms with Gasteiger partial charge in [0.2, 0.25) is 0 Å². The van der Waals surface area contributed by atoms with Crippen LogP contribution in [0.5, 0.6) is 5.75 Å². The molecule has 1 fully saturated rings. The first-order chi connectivity index (χ1) is 16.6. The number of hydrogen-bond acceptors (Lipinski definition) is 5. The summed E-state index contributed by atoms with van der Waals surface area (Å²) in [5.41, 5.74) is 2.39. The first-order valence-corrected chi connectivity index (χ1v) is 16.4. The van der Waals surface area contributed by atoms with Crippen molar-refractivity contribution in [3.63, 3.8) is 0 Å². The van der Waals surface area contributed by atoms with Gasteiger partial charge in [-0.3, -0.25) is 0 Å². The topological polar surface area (TPSA) is 46.2 Å². The Balaban J connectivity index is 2.00. The maximum Gasteiger partial charge on any atom is 0.192 e. The Kier molecular flexibility index (Phi) is 10.8. The third-order valence-corrected chi connectivity index (χ3v) is 12.2. The molecule has 5 atom stereocenters. The summed E-state index contributed by atoms with van der Waals surface area (Å²) in [4.78, 5) is 0. The van der Waals surface area contributed by atoms with Gasteiger partial charge in [-0.25, -0.2) is 0 Å². The van der Waals surface area contributed by atoms with Crippen LogP contribution in [0.1, 0.15) is 67.9 Å². The van der Waals surface area contributed by atoms with Gasteiger partial charge >= 0.3 is 0 Å². The molecule has 1 saturated heterocycles. The molecule has 1 aliphatic rings. The van der Waals surface area contributed by atoms with Crippen molar-refractivity contribution >= 4 is 8.32 Å². The summed E-state index contributed by atoms with van der Waals surface area (Å²) in [6.45, 7) is 26.3. The first-order valence-electron chi connectivity index (χ1n) is 13.4. The third-order valence-electron chi connectivity index (χ3n) is 7.71. The highest BCUT2D eigenvalue weighted by Gasteiger charge is 2.44. The lowest BCUT2D eigenvalue weighted by molar-refractivity contribution is -0.321. The molecule has 206 valence electrons. The Morgan fingerprint density at radius 1 is 1.08 bits per heavy atom. The lowest BCUT2D eigenvalue weighted by Crippen LogP contribution is -2.53. The molecule has 0 spiro atoms. The summed E-state index contributed by atoms with van der Waals surface area (Å²) in [5.74, 6) is 0.972. The van der Waals surface area contributed by atoms with Gasteiger partial charge in [-0.15, -0.1) is 0 Å². The van der Waals surface area contributed by atoms with Crippen molar-refractivity contribution in [2.75, 3.05) is 20.3 Å². The van der Waals surface area contributed by atoms with Crippen molar-refractivity contribution in [1.82, 2.24) is 0 Å². The van der Waals surface area contributed by atoms with Crippen LogP contribution < -0.4 is 4.74 Å². The summed E-state index contributed by atoms with van der Waals surface area (Å²) in [5, 5.41) is 0.215. The van der Waals surface area contributed by atoms with E-state index in [9.17, 15) is 0 Å². The summed E-state index contributed by atoms with van der Waals surface area (Å²) in [6, 6.07) is 8.01. The van der Waals surface area contributed by atoms with Crippen LogP contribution in [-0.2, 0) is 25.2 Å². The van der Waals surface area contributed by atoms with Crippen molar-refractivity contribution in [3.05, 3.63) is 41.5 Å². The molecule has 1 heterocycles. The average Bonchev–Trinajstić information content (AvgIpc) is 2.78. The second kappa shape index (κ2) is 12.6. The van der Waals surface area contributed by atoms with Crippen LogP contribution in [0.15, 0.2) is 35.9 Å². The van der Waals surface area contributed by atoms with Crippen LogP contribution >= 0.6 is 0 Å². The van der Waals surface area contributed by atoms with Crippen LogP contribution in [0.4, 0.5) is 0 Å². The van der Waals surface area contributed by atoms with E-state index in [0.29, 0.717) is 19.1 Å². The summed E-state index contributed by atoms with van der Waals surface area (Å²) in [7, 11) is -0.0855. The lowest BCUT2D eigenvalue weighted by Gasteiger charge is -2.47. The van der Waals surface area contributed by atoms with Crippen LogP contribution in [0.3, 0.4) is 0 Å². The van der Waals surface area contributed by atoms with E-state index < -0.39 is 14.1 Å². The summed E-state index contributed by atoms with van der Waals surface area (Å²) >= 11 is 0. The van der Waals surface area contributed by atoms with E-state index in [4.69, 9.17) is 23.4 Å². The first kappa shape index (κ1) is 31.0. The van der Waals surface area contributed by atoms with Gasteiger partial charge in [-0.2, -0.15) is 0 Å². The molecule has 1 aromatic rings. The van der Waals surface area contributed by atoms with Gasteiger partial charge in [-0.1, -0.05) is 59.8 Å². The minimum Gasteiger partial charge on any atom is -0.497 e. The van der Waals surface area contributed by atoms with Crippen molar-refractivity contribution < 1.29 is 23.4 Å². The van der Waals surface area contributed by atoms with E-state index >= 15 is 0 Å². The van der Waals surface area contributed by atoms with Crippen LogP contribution in [0.25, 0.3) is 0 Å². The molecular formula is C30H52O5Si. The largest absolute Gasteiger partial charge is 0.497 e. The Morgan fingerprint density at radius 3 is 2.25 bits per heavy atom. The van der Waals surface area contributed by atoms with E-state index in [2.05, 4.69) is 67.6 Å². The zero-order valence-corrected chi connectivity index (χ0v) is 25.9. The van der Waals surface area contributed by atoms with Gasteiger partial charge in [0.25, 0.3) is 0 Å². The predicted molar refractivity (Wildman–Crippen MR) is 151 cm³/mol. The number of rotatable bonds is 11. The molecule has 0 amide bonds. The zero-order valence-electron chi connectivity index (χ0n) is 24.9. The molecule has 0 aromatic heterocycles. The van der Waals surface area contributed by atoms with Crippen LogP contribution in [-0.4, -0.2) is 46.6 Å². The predicted octanol–water partition coefficient (Wildman–Crippen LogP) is 7.61. The van der Waals surface area contributed by atoms with E-state index in [-0.39, 0.29) is 29.1 Å². The summed E-state index contributed by atoms with van der Waals surface area (Å²) in [6.07, 6.45) is 2.37. The van der Waals surface area contributed by atoms with Gasteiger partial charge in [-0.05, 0) is 68.1 Å². The summed E-state index contributed by atoms with van der Waals surface area (Å²) < 4.78 is 30.7. The molecule has 5 nitrogen and oxygen atoms in total. The molecule has 36 heavy (non-hydrogen) atoms. The van der Waals surface area contributed by atoms with Crippen molar-refractivity contribution in [2.24, 2.45) is 17.8 Å². The second-order valence-electron chi connectivity index (χ2n) is 12.7. The highest BCUT2D eigenvalue weighted by molar-refractivity contribution is 6.74. The van der Waals surface area contributed by atoms with E-state index in [0.717, 1.165) is 17.9 Å². The molecule has 0 N–H and O–H groups in total. The maximum atomic E-state index is 6.47. The number of hydrogen-bond donors (Lipinski definition) is 0. The fourth-order valence-electron chi connectivity index (χ4n) is 4.52. The highest BCUT2D eigenvalue weighted by atomic mass is 28.4. The standard InChI is InChI=1S/C30H52O5Si/c1-21(18-33-36(11,12)29(5,6)7)17-22(2)27-24(4)28(35-30(8,9)34-27)23(3)19-32-20-25-13-15-26(31-10)16-14-25/h13-17,21,23-24,27-28H,18-20H2,1-12H3/b22-17+/t21-,23+,24+,27+,28+/m1/s1. The van der Waals surface area contributed by atoms with Gasteiger partial charge in [0.15, 0.2) is 14.1 Å². The van der Waals surface area contributed by atoms with Crippen molar-refractivity contribution in [1.29, 1.82) is 0 Å². The molecule has 0 unspecified atom stereocenters. The minimum absolute atomic E-state index is 0.00175. The third kappa shape index (κ3) is 8.69. The van der Waals surface area contributed by atoms with Gasteiger partial charge in [0.05, 0.1) is 32.5 Å². The van der Waals surface area contributed by atoms with Crippen LogP contribution in [0, 0.1) is 17.8 Å². The minimum atomic E-state index is -1.76. The smallest absolute Gasteiger partial charge is 0.192 e. The van der Waals surface area contributed by atoms with E-state index in [1.54, 1.807) is 7.11 Å². The number of ether oxygens (including phenoxy) is 4. The number of methoxy groups -OCH3 is 1. The maximum absolute atomic E-state index is 6.47. The Hall–Kier alpha value is -1.18. The normalized spacial score (nSPS) is 24.9. The molecule has 0 aliphatic carbocycles. The molecule has 1 aromatic carbocycles. The fraction of sp³-hybridized carbons (Fsp3) is 0.733. The fourth-order valence-corrected chi connectivity index (χ4v) is 5.63. The monoisotopic (exact) mass is 520 g/mol.